The van der Waals surface area contributed by atoms with Gasteiger partial charge in [0.05, 0.1) is 4.92 Å². The Labute approximate surface area is 112 Å². The number of anilines is 1. The minimum atomic E-state index is -0.381. The highest BCUT2D eigenvalue weighted by atomic mass is 16.6. The third-order valence-electron chi connectivity index (χ3n) is 3.08. The van der Waals surface area contributed by atoms with Gasteiger partial charge >= 0.3 is 0 Å². The number of nitro benzene ring substituents is 1. The van der Waals surface area contributed by atoms with Gasteiger partial charge in [0.2, 0.25) is 0 Å². The van der Waals surface area contributed by atoms with Crippen LogP contribution in [-0.4, -0.2) is 18.5 Å². The zero-order valence-electron chi connectivity index (χ0n) is 10.8. The van der Waals surface area contributed by atoms with Crippen LogP contribution in [0.3, 0.4) is 0 Å². The van der Waals surface area contributed by atoms with Gasteiger partial charge in [-0.25, -0.2) is 0 Å². The summed E-state index contributed by atoms with van der Waals surface area (Å²) in [5.74, 6) is 0. The van der Waals surface area contributed by atoms with Crippen LogP contribution >= 0.6 is 0 Å². The number of rotatable bonds is 5. The number of non-ortho nitro benzene ring substituents is 1. The average Bonchev–Trinajstić information content (AvgIpc) is 2.46. The van der Waals surface area contributed by atoms with Crippen molar-refractivity contribution in [1.82, 2.24) is 0 Å². The van der Waals surface area contributed by atoms with Crippen molar-refractivity contribution in [3.8, 4) is 0 Å². The summed E-state index contributed by atoms with van der Waals surface area (Å²) in [4.78, 5) is 12.3. The van der Waals surface area contributed by atoms with E-state index in [9.17, 15) is 10.1 Å². The van der Waals surface area contributed by atoms with Crippen molar-refractivity contribution in [3.05, 3.63) is 70.3 Å². The van der Waals surface area contributed by atoms with Crippen LogP contribution in [0.2, 0.25) is 0 Å². The third-order valence-corrected chi connectivity index (χ3v) is 3.08. The summed E-state index contributed by atoms with van der Waals surface area (Å²) in [6.45, 7) is 0.877. The van der Waals surface area contributed by atoms with Crippen LogP contribution in [0.25, 0.3) is 0 Å². The molecular weight excluding hydrogens is 240 g/mol. The molecule has 2 rings (SSSR count). The minimum Gasteiger partial charge on any atom is -0.374 e. The van der Waals surface area contributed by atoms with E-state index in [-0.39, 0.29) is 10.6 Å². The molecular formula is C15H16N2O2. The van der Waals surface area contributed by atoms with E-state index in [1.54, 1.807) is 12.1 Å². The molecule has 0 saturated heterocycles. The van der Waals surface area contributed by atoms with Gasteiger partial charge in [0.1, 0.15) is 0 Å². The predicted molar refractivity (Wildman–Crippen MR) is 76.5 cm³/mol. The fraction of sp³-hybridized carbons (Fsp3) is 0.200. The fourth-order valence-electron chi connectivity index (χ4n) is 1.90. The third kappa shape index (κ3) is 3.55. The highest BCUT2D eigenvalue weighted by molar-refractivity contribution is 5.50. The molecule has 4 nitrogen and oxygen atoms in total. The predicted octanol–water partition coefficient (Wildman–Crippen LogP) is 3.27. The Morgan fingerprint density at radius 1 is 1.05 bits per heavy atom. The largest absolute Gasteiger partial charge is 0.374 e. The lowest BCUT2D eigenvalue weighted by Gasteiger charge is -2.19. The van der Waals surface area contributed by atoms with E-state index in [2.05, 4.69) is 17.0 Å². The first-order valence-corrected chi connectivity index (χ1v) is 6.16. The lowest BCUT2D eigenvalue weighted by molar-refractivity contribution is -0.384. The normalized spacial score (nSPS) is 10.2. The van der Waals surface area contributed by atoms with E-state index < -0.39 is 0 Å². The molecule has 0 bridgehead atoms. The van der Waals surface area contributed by atoms with Gasteiger partial charge in [0, 0.05) is 31.4 Å². The molecule has 0 radical (unpaired) electrons. The van der Waals surface area contributed by atoms with Crippen LogP contribution in [0.15, 0.2) is 54.6 Å². The molecule has 0 aliphatic rings. The van der Waals surface area contributed by atoms with Crippen molar-refractivity contribution in [2.75, 3.05) is 18.5 Å². The van der Waals surface area contributed by atoms with Gasteiger partial charge in [0.15, 0.2) is 0 Å². The molecule has 0 amide bonds. The molecule has 0 atom stereocenters. The van der Waals surface area contributed by atoms with Crippen LogP contribution < -0.4 is 4.90 Å². The minimum absolute atomic E-state index is 0.125. The second kappa shape index (κ2) is 6.00. The molecule has 0 fully saturated rings. The highest BCUT2D eigenvalue weighted by Gasteiger charge is 2.06. The molecule has 0 aliphatic carbocycles. The SMILES string of the molecule is CN(CCc1ccccc1)c1ccc([N+](=O)[O-])cc1. The zero-order chi connectivity index (χ0) is 13.7. The quantitative estimate of drug-likeness (QED) is 0.609. The molecule has 0 spiro atoms. The first-order chi connectivity index (χ1) is 9.16. The number of hydrogen-bond acceptors (Lipinski definition) is 3. The molecule has 2 aromatic carbocycles. The van der Waals surface area contributed by atoms with Crippen molar-refractivity contribution in [2.24, 2.45) is 0 Å². The lowest BCUT2D eigenvalue weighted by Crippen LogP contribution is -2.20. The van der Waals surface area contributed by atoms with Gasteiger partial charge in [-0.15, -0.1) is 0 Å². The number of benzene rings is 2. The van der Waals surface area contributed by atoms with E-state index in [0.717, 1.165) is 18.7 Å². The van der Waals surface area contributed by atoms with Gasteiger partial charge in [0.25, 0.3) is 5.69 Å². The fourth-order valence-corrected chi connectivity index (χ4v) is 1.90. The standard InChI is InChI=1S/C15H16N2O2/c1-16(12-11-13-5-3-2-4-6-13)14-7-9-15(10-8-14)17(18)19/h2-10H,11-12H2,1H3. The van der Waals surface area contributed by atoms with E-state index in [1.807, 2.05) is 25.2 Å². The first-order valence-electron chi connectivity index (χ1n) is 6.16. The topological polar surface area (TPSA) is 46.4 Å². The Hall–Kier alpha value is -2.36. The van der Waals surface area contributed by atoms with Gasteiger partial charge in [-0.1, -0.05) is 30.3 Å². The number of nitrogens with zero attached hydrogens (tertiary/aromatic N) is 2. The van der Waals surface area contributed by atoms with E-state index in [0.29, 0.717) is 0 Å². The Morgan fingerprint density at radius 2 is 1.68 bits per heavy atom. The summed E-state index contributed by atoms with van der Waals surface area (Å²) in [7, 11) is 1.99. The molecule has 0 saturated carbocycles. The first kappa shape index (κ1) is 13.1. The van der Waals surface area contributed by atoms with Crippen molar-refractivity contribution < 1.29 is 4.92 Å². The maximum Gasteiger partial charge on any atom is 0.269 e. The molecule has 0 aliphatic heterocycles. The molecule has 0 aromatic heterocycles. The van der Waals surface area contributed by atoms with Gasteiger partial charge in [-0.05, 0) is 24.1 Å². The second-order valence-corrected chi connectivity index (χ2v) is 4.43. The maximum absolute atomic E-state index is 10.6. The molecule has 0 unspecified atom stereocenters. The molecule has 0 heterocycles. The Kier molecular flexibility index (Phi) is 4.13. The Morgan fingerprint density at radius 3 is 2.26 bits per heavy atom. The summed E-state index contributed by atoms with van der Waals surface area (Å²) in [6.07, 6.45) is 0.953. The number of nitro groups is 1. The van der Waals surface area contributed by atoms with Crippen molar-refractivity contribution in [3.63, 3.8) is 0 Å². The van der Waals surface area contributed by atoms with Crippen LogP contribution in [0, 0.1) is 10.1 Å². The van der Waals surface area contributed by atoms with Crippen molar-refractivity contribution in [1.29, 1.82) is 0 Å². The van der Waals surface area contributed by atoms with E-state index in [1.165, 1.54) is 17.7 Å². The van der Waals surface area contributed by atoms with E-state index >= 15 is 0 Å². The van der Waals surface area contributed by atoms with Crippen LogP contribution in [0.5, 0.6) is 0 Å². The lowest BCUT2D eigenvalue weighted by atomic mass is 10.1. The zero-order valence-corrected chi connectivity index (χ0v) is 10.8. The summed E-state index contributed by atoms with van der Waals surface area (Å²) in [5.41, 5.74) is 2.40. The molecule has 0 N–H and O–H groups in total. The summed E-state index contributed by atoms with van der Waals surface area (Å²) in [6, 6.07) is 16.9. The highest BCUT2D eigenvalue weighted by Crippen LogP contribution is 2.18. The van der Waals surface area contributed by atoms with E-state index in [4.69, 9.17) is 0 Å². The van der Waals surface area contributed by atoms with Crippen molar-refractivity contribution in [2.45, 2.75) is 6.42 Å². The smallest absolute Gasteiger partial charge is 0.269 e. The molecule has 98 valence electrons. The van der Waals surface area contributed by atoms with Crippen LogP contribution in [-0.2, 0) is 6.42 Å². The van der Waals surface area contributed by atoms with Gasteiger partial charge in [-0.3, -0.25) is 10.1 Å². The van der Waals surface area contributed by atoms with Gasteiger partial charge in [-0.2, -0.15) is 0 Å². The van der Waals surface area contributed by atoms with Gasteiger partial charge < -0.3 is 4.90 Å². The number of likely N-dealkylation sites (N-methyl/N-ethyl adjacent to an activating group) is 1. The molecule has 4 heteroatoms. The molecule has 2 aromatic rings. The summed E-state index contributed by atoms with van der Waals surface area (Å²) in [5, 5.41) is 10.6. The number of hydrogen-bond donors (Lipinski definition) is 0. The van der Waals surface area contributed by atoms with Crippen molar-refractivity contribution >= 4 is 11.4 Å². The summed E-state index contributed by atoms with van der Waals surface area (Å²) < 4.78 is 0. The Balaban J connectivity index is 1.96. The van der Waals surface area contributed by atoms with Crippen LogP contribution in [0.4, 0.5) is 11.4 Å². The van der Waals surface area contributed by atoms with Crippen LogP contribution in [0.1, 0.15) is 5.56 Å². The molecule has 19 heavy (non-hydrogen) atoms. The Bertz CT molecular complexity index is 538. The summed E-state index contributed by atoms with van der Waals surface area (Å²) >= 11 is 0. The monoisotopic (exact) mass is 256 g/mol. The maximum atomic E-state index is 10.6. The second-order valence-electron chi connectivity index (χ2n) is 4.43. The average molecular weight is 256 g/mol.